The number of aryl methyl sites for hydroxylation is 2. The van der Waals surface area contributed by atoms with E-state index in [0.717, 1.165) is 18.4 Å². The standard InChI is InChI=1S/C22H26N6O3/c1-14-11-25-20-19(15(2)26-28(20)13-14)21(29)24-9-10-27(17-6-7-17)22(30)16(3)31-18-5-4-8-23-12-18/h4-5,8,11-13,16-17H,6-7,9-10H2,1-3H3,(H,24,29). The summed E-state index contributed by atoms with van der Waals surface area (Å²) in [5.41, 5.74) is 2.55. The van der Waals surface area contributed by atoms with Crippen LogP contribution >= 0.6 is 0 Å². The summed E-state index contributed by atoms with van der Waals surface area (Å²) in [7, 11) is 0. The van der Waals surface area contributed by atoms with Crippen LogP contribution in [0.15, 0.2) is 36.9 Å². The zero-order valence-electron chi connectivity index (χ0n) is 17.9. The summed E-state index contributed by atoms with van der Waals surface area (Å²) in [6, 6.07) is 3.74. The van der Waals surface area contributed by atoms with Crippen LogP contribution in [0.4, 0.5) is 0 Å². The number of carbonyl (C=O) groups excluding carboxylic acids is 2. The Morgan fingerprint density at radius 2 is 2.13 bits per heavy atom. The number of fused-ring (bicyclic) bond motifs is 1. The van der Waals surface area contributed by atoms with Crippen LogP contribution in [0.1, 0.15) is 41.4 Å². The molecular formula is C22H26N6O3. The molecule has 1 atom stereocenters. The second kappa shape index (κ2) is 8.71. The highest BCUT2D eigenvalue weighted by Gasteiger charge is 2.35. The molecule has 0 spiro atoms. The van der Waals surface area contributed by atoms with Gasteiger partial charge in [-0.15, -0.1) is 0 Å². The Labute approximate surface area is 180 Å². The molecule has 31 heavy (non-hydrogen) atoms. The van der Waals surface area contributed by atoms with Crippen LogP contribution in [0, 0.1) is 13.8 Å². The van der Waals surface area contributed by atoms with E-state index in [4.69, 9.17) is 4.74 Å². The number of hydrogen-bond acceptors (Lipinski definition) is 6. The van der Waals surface area contributed by atoms with E-state index in [1.165, 1.54) is 0 Å². The first-order valence-corrected chi connectivity index (χ1v) is 10.4. The SMILES string of the molecule is Cc1cnc2c(C(=O)NCCN(C(=O)C(C)Oc3cccnc3)C3CC3)c(C)nn2c1. The molecule has 0 saturated heterocycles. The molecular weight excluding hydrogens is 396 g/mol. The zero-order chi connectivity index (χ0) is 22.0. The number of nitrogens with zero attached hydrogens (tertiary/aromatic N) is 5. The van der Waals surface area contributed by atoms with Gasteiger partial charge in [0.25, 0.3) is 11.8 Å². The van der Waals surface area contributed by atoms with Crippen LogP contribution in [0.5, 0.6) is 5.75 Å². The second-order valence-electron chi connectivity index (χ2n) is 7.83. The molecule has 1 fully saturated rings. The second-order valence-corrected chi connectivity index (χ2v) is 7.83. The summed E-state index contributed by atoms with van der Waals surface area (Å²) in [6.45, 7) is 6.20. The Morgan fingerprint density at radius 3 is 2.84 bits per heavy atom. The van der Waals surface area contributed by atoms with E-state index in [0.29, 0.717) is 35.7 Å². The first-order valence-electron chi connectivity index (χ1n) is 10.4. The van der Waals surface area contributed by atoms with Crippen LogP contribution in [-0.2, 0) is 4.79 Å². The third-order valence-corrected chi connectivity index (χ3v) is 5.21. The summed E-state index contributed by atoms with van der Waals surface area (Å²) < 4.78 is 7.36. The van der Waals surface area contributed by atoms with Gasteiger partial charge in [0, 0.05) is 37.7 Å². The van der Waals surface area contributed by atoms with Gasteiger partial charge in [-0.2, -0.15) is 5.10 Å². The van der Waals surface area contributed by atoms with Crippen molar-refractivity contribution < 1.29 is 14.3 Å². The molecule has 0 aliphatic heterocycles. The molecule has 162 valence electrons. The molecule has 3 aromatic heterocycles. The molecule has 1 saturated carbocycles. The number of pyridine rings is 1. The van der Waals surface area contributed by atoms with Gasteiger partial charge in [0.2, 0.25) is 0 Å². The average Bonchev–Trinajstić information content (AvgIpc) is 3.53. The van der Waals surface area contributed by atoms with E-state index in [2.05, 4.69) is 20.4 Å². The predicted octanol–water partition coefficient (Wildman–Crippen LogP) is 1.93. The highest BCUT2D eigenvalue weighted by Crippen LogP contribution is 2.27. The third-order valence-electron chi connectivity index (χ3n) is 5.21. The number of ether oxygens (including phenoxy) is 1. The fourth-order valence-corrected chi connectivity index (χ4v) is 3.55. The Hall–Kier alpha value is -3.49. The van der Waals surface area contributed by atoms with Gasteiger partial charge in [0.05, 0.1) is 11.9 Å². The molecule has 0 radical (unpaired) electrons. The van der Waals surface area contributed by atoms with Crippen molar-refractivity contribution in [3.63, 3.8) is 0 Å². The van der Waals surface area contributed by atoms with Gasteiger partial charge in [-0.3, -0.25) is 14.6 Å². The van der Waals surface area contributed by atoms with E-state index >= 15 is 0 Å². The van der Waals surface area contributed by atoms with Crippen molar-refractivity contribution in [1.29, 1.82) is 0 Å². The number of nitrogens with one attached hydrogen (secondary N) is 1. The van der Waals surface area contributed by atoms with Crippen molar-refractivity contribution in [2.24, 2.45) is 0 Å². The lowest BCUT2D eigenvalue weighted by Crippen LogP contribution is -2.45. The predicted molar refractivity (Wildman–Crippen MR) is 114 cm³/mol. The third kappa shape index (κ3) is 4.65. The molecule has 1 unspecified atom stereocenters. The van der Waals surface area contributed by atoms with E-state index in [1.807, 2.05) is 13.1 Å². The molecule has 1 N–H and O–H groups in total. The first kappa shape index (κ1) is 20.8. The van der Waals surface area contributed by atoms with Crippen molar-refractivity contribution in [2.45, 2.75) is 45.8 Å². The van der Waals surface area contributed by atoms with Crippen molar-refractivity contribution in [3.05, 3.63) is 53.7 Å². The number of hydrogen-bond donors (Lipinski definition) is 1. The van der Waals surface area contributed by atoms with Gasteiger partial charge in [-0.25, -0.2) is 9.50 Å². The minimum Gasteiger partial charge on any atom is -0.479 e. The van der Waals surface area contributed by atoms with E-state index in [-0.39, 0.29) is 17.9 Å². The van der Waals surface area contributed by atoms with E-state index in [1.54, 1.807) is 54.0 Å². The van der Waals surface area contributed by atoms with Gasteiger partial charge >= 0.3 is 0 Å². The van der Waals surface area contributed by atoms with Crippen LogP contribution in [0.3, 0.4) is 0 Å². The van der Waals surface area contributed by atoms with Crippen LogP contribution in [0.25, 0.3) is 5.65 Å². The number of rotatable bonds is 8. The topological polar surface area (TPSA) is 102 Å². The molecule has 2 amide bonds. The molecule has 9 heteroatoms. The number of aromatic nitrogens is 4. The maximum atomic E-state index is 12.9. The molecule has 1 aliphatic rings. The Kier molecular flexibility index (Phi) is 5.83. The lowest BCUT2D eigenvalue weighted by Gasteiger charge is -2.26. The maximum absolute atomic E-state index is 12.9. The van der Waals surface area contributed by atoms with Crippen molar-refractivity contribution >= 4 is 17.5 Å². The molecule has 9 nitrogen and oxygen atoms in total. The zero-order valence-corrected chi connectivity index (χ0v) is 17.9. The highest BCUT2D eigenvalue weighted by atomic mass is 16.5. The summed E-state index contributed by atoms with van der Waals surface area (Å²) in [6.07, 6.45) is 8.09. The highest BCUT2D eigenvalue weighted by molar-refractivity contribution is 6.01. The smallest absolute Gasteiger partial charge is 0.263 e. The Morgan fingerprint density at radius 1 is 1.32 bits per heavy atom. The number of carbonyl (C=O) groups is 2. The Bertz CT molecular complexity index is 1090. The average molecular weight is 422 g/mol. The van der Waals surface area contributed by atoms with Crippen LogP contribution in [-0.4, -0.2) is 61.5 Å². The molecule has 0 bridgehead atoms. The molecule has 3 heterocycles. The van der Waals surface area contributed by atoms with Crippen molar-refractivity contribution in [1.82, 2.24) is 29.8 Å². The molecule has 3 aromatic rings. The lowest BCUT2D eigenvalue weighted by molar-refractivity contribution is -0.138. The summed E-state index contributed by atoms with van der Waals surface area (Å²) in [4.78, 5) is 35.9. The summed E-state index contributed by atoms with van der Waals surface area (Å²) >= 11 is 0. The van der Waals surface area contributed by atoms with Gasteiger partial charge in [0.15, 0.2) is 11.8 Å². The van der Waals surface area contributed by atoms with E-state index in [9.17, 15) is 9.59 Å². The normalized spacial score (nSPS) is 14.3. The van der Waals surface area contributed by atoms with Gasteiger partial charge in [-0.05, 0) is 51.3 Å². The number of amides is 2. The fraction of sp³-hybridized carbons (Fsp3) is 0.409. The Balaban J connectivity index is 1.37. The lowest BCUT2D eigenvalue weighted by atomic mass is 10.2. The van der Waals surface area contributed by atoms with Crippen molar-refractivity contribution in [2.75, 3.05) is 13.1 Å². The quantitative estimate of drug-likeness (QED) is 0.595. The van der Waals surface area contributed by atoms with Crippen LogP contribution in [0.2, 0.25) is 0 Å². The van der Waals surface area contributed by atoms with Gasteiger partial charge in [-0.1, -0.05) is 0 Å². The molecule has 1 aliphatic carbocycles. The largest absolute Gasteiger partial charge is 0.479 e. The van der Waals surface area contributed by atoms with Gasteiger partial charge < -0.3 is 15.0 Å². The summed E-state index contributed by atoms with van der Waals surface area (Å²) in [5.74, 6) is 0.218. The van der Waals surface area contributed by atoms with Gasteiger partial charge in [0.1, 0.15) is 11.3 Å². The molecule has 4 rings (SSSR count). The van der Waals surface area contributed by atoms with E-state index < -0.39 is 6.10 Å². The van der Waals surface area contributed by atoms with Crippen LogP contribution < -0.4 is 10.1 Å². The first-order chi connectivity index (χ1) is 14.9. The minimum atomic E-state index is -0.630. The fourth-order valence-electron chi connectivity index (χ4n) is 3.55. The van der Waals surface area contributed by atoms with Crippen molar-refractivity contribution in [3.8, 4) is 5.75 Å². The summed E-state index contributed by atoms with van der Waals surface area (Å²) in [5, 5.41) is 7.29. The maximum Gasteiger partial charge on any atom is 0.263 e. The monoisotopic (exact) mass is 422 g/mol. The molecule has 0 aromatic carbocycles. The minimum absolute atomic E-state index is 0.0927.